The van der Waals surface area contributed by atoms with Gasteiger partial charge in [0.1, 0.15) is 12.4 Å². The van der Waals surface area contributed by atoms with E-state index in [9.17, 15) is 19.5 Å². The highest BCUT2D eigenvalue weighted by atomic mass is 16.6. The predicted molar refractivity (Wildman–Crippen MR) is 204 cm³/mol. The van der Waals surface area contributed by atoms with Crippen molar-refractivity contribution in [2.24, 2.45) is 0 Å². The van der Waals surface area contributed by atoms with Gasteiger partial charge in [-0.3, -0.25) is 9.59 Å². The number of aromatic hydroxyl groups is 1. The number of amides is 3. The molecule has 1 N–H and O–H groups in total. The Morgan fingerprint density at radius 1 is 0.792 bits per heavy atom. The van der Waals surface area contributed by atoms with E-state index < -0.39 is 0 Å². The highest BCUT2D eigenvalue weighted by molar-refractivity contribution is 6.08. The van der Waals surface area contributed by atoms with Crippen molar-refractivity contribution in [1.82, 2.24) is 14.4 Å². The van der Waals surface area contributed by atoms with Crippen molar-refractivity contribution in [2.75, 3.05) is 18.5 Å². The van der Waals surface area contributed by atoms with E-state index >= 15 is 0 Å². The van der Waals surface area contributed by atoms with Gasteiger partial charge in [0, 0.05) is 67.5 Å². The lowest BCUT2D eigenvalue weighted by Gasteiger charge is -2.36. The van der Waals surface area contributed by atoms with Crippen LogP contribution < -0.4 is 4.90 Å². The van der Waals surface area contributed by atoms with E-state index in [4.69, 9.17) is 4.74 Å². The SMILES string of the molecule is C[C@@H]1Cc2ccccc2CN1C(=O)c1cc2c(cc1-c1cc(C(=O)N(C)c3ccc(O)cc3)c3n1CCCC3)CCN(C(=O)OCc1ccccc1)C2. The van der Waals surface area contributed by atoms with Crippen LogP contribution in [0.15, 0.2) is 97.1 Å². The minimum atomic E-state index is -0.376. The molecule has 4 aromatic carbocycles. The van der Waals surface area contributed by atoms with Crippen LogP contribution in [0.2, 0.25) is 0 Å². The highest BCUT2D eigenvalue weighted by Gasteiger charge is 2.33. The van der Waals surface area contributed by atoms with E-state index in [1.54, 1.807) is 41.1 Å². The molecule has 9 heteroatoms. The van der Waals surface area contributed by atoms with Gasteiger partial charge >= 0.3 is 6.09 Å². The molecule has 0 radical (unpaired) electrons. The third-order valence-corrected chi connectivity index (χ3v) is 11.1. The second-order valence-corrected chi connectivity index (χ2v) is 14.5. The molecule has 0 saturated carbocycles. The van der Waals surface area contributed by atoms with Crippen LogP contribution in [0, 0.1) is 0 Å². The summed E-state index contributed by atoms with van der Waals surface area (Å²) < 4.78 is 7.94. The first-order valence-corrected chi connectivity index (χ1v) is 18.5. The number of hydrogen-bond acceptors (Lipinski definition) is 5. The van der Waals surface area contributed by atoms with Crippen LogP contribution in [-0.2, 0) is 50.2 Å². The normalized spacial score (nSPS) is 16.3. The fourth-order valence-corrected chi connectivity index (χ4v) is 8.13. The Morgan fingerprint density at radius 2 is 1.55 bits per heavy atom. The van der Waals surface area contributed by atoms with Crippen molar-refractivity contribution in [2.45, 2.75) is 71.3 Å². The van der Waals surface area contributed by atoms with Crippen molar-refractivity contribution in [3.63, 3.8) is 0 Å². The van der Waals surface area contributed by atoms with Crippen molar-refractivity contribution in [1.29, 1.82) is 0 Å². The Hall–Kier alpha value is -5.83. The fourth-order valence-electron chi connectivity index (χ4n) is 8.13. The van der Waals surface area contributed by atoms with Crippen LogP contribution in [0.5, 0.6) is 5.75 Å². The lowest BCUT2D eigenvalue weighted by molar-refractivity contribution is 0.0658. The van der Waals surface area contributed by atoms with Gasteiger partial charge in [-0.05, 0) is 109 Å². The number of rotatable bonds is 6. The first kappa shape index (κ1) is 34.3. The molecule has 8 rings (SSSR count). The number of aromatic nitrogens is 1. The minimum Gasteiger partial charge on any atom is -0.508 e. The summed E-state index contributed by atoms with van der Waals surface area (Å²) in [5, 5.41) is 9.84. The third kappa shape index (κ3) is 6.67. The van der Waals surface area contributed by atoms with E-state index in [0.717, 1.165) is 71.4 Å². The van der Waals surface area contributed by atoms with E-state index in [2.05, 4.69) is 35.8 Å². The first-order chi connectivity index (χ1) is 25.7. The van der Waals surface area contributed by atoms with Gasteiger partial charge in [-0.25, -0.2) is 4.79 Å². The minimum absolute atomic E-state index is 0.0110. The molecule has 3 aliphatic heterocycles. The van der Waals surface area contributed by atoms with E-state index in [-0.39, 0.29) is 36.3 Å². The quantitative estimate of drug-likeness (QED) is 0.195. The number of phenols is 1. The van der Waals surface area contributed by atoms with Crippen LogP contribution in [0.4, 0.5) is 10.5 Å². The lowest BCUT2D eigenvalue weighted by atomic mass is 9.90. The lowest BCUT2D eigenvalue weighted by Crippen LogP contribution is -2.43. The molecule has 5 aromatic rings. The predicted octanol–water partition coefficient (Wildman–Crippen LogP) is 7.76. The van der Waals surface area contributed by atoms with Crippen LogP contribution >= 0.6 is 0 Å². The summed E-state index contributed by atoms with van der Waals surface area (Å²) in [7, 11) is 1.75. The smallest absolute Gasteiger partial charge is 0.410 e. The second kappa shape index (κ2) is 14.3. The Bertz CT molecular complexity index is 2190. The molecular weight excluding hydrogens is 665 g/mol. The molecule has 270 valence electrons. The zero-order valence-corrected chi connectivity index (χ0v) is 30.3. The Labute approximate surface area is 310 Å². The van der Waals surface area contributed by atoms with Gasteiger partial charge in [0.15, 0.2) is 0 Å². The second-order valence-electron chi connectivity index (χ2n) is 14.5. The zero-order valence-electron chi connectivity index (χ0n) is 30.3. The van der Waals surface area contributed by atoms with Crippen molar-refractivity contribution in [3.8, 4) is 17.0 Å². The molecule has 0 fully saturated rings. The van der Waals surface area contributed by atoms with Crippen LogP contribution in [-0.4, -0.2) is 57.0 Å². The van der Waals surface area contributed by atoms with Gasteiger partial charge in [0.05, 0.1) is 5.56 Å². The van der Waals surface area contributed by atoms with Gasteiger partial charge in [0.25, 0.3) is 11.8 Å². The van der Waals surface area contributed by atoms with Gasteiger partial charge in [-0.2, -0.15) is 0 Å². The molecule has 0 unspecified atom stereocenters. The van der Waals surface area contributed by atoms with E-state index in [0.29, 0.717) is 42.9 Å². The van der Waals surface area contributed by atoms with Gasteiger partial charge in [0.2, 0.25) is 0 Å². The molecule has 9 nitrogen and oxygen atoms in total. The molecule has 0 saturated heterocycles. The van der Waals surface area contributed by atoms with Gasteiger partial charge in [-0.15, -0.1) is 0 Å². The van der Waals surface area contributed by atoms with Gasteiger partial charge < -0.3 is 29.1 Å². The summed E-state index contributed by atoms with van der Waals surface area (Å²) in [6, 6.07) is 30.7. The molecule has 1 aromatic heterocycles. The number of carbonyl (C=O) groups excluding carboxylic acids is 3. The maximum atomic E-state index is 14.9. The topological polar surface area (TPSA) is 95.3 Å². The summed E-state index contributed by atoms with van der Waals surface area (Å²) in [6.45, 7) is 4.40. The maximum absolute atomic E-state index is 14.9. The molecular formula is C44H44N4O5. The molecule has 1 atom stereocenters. The van der Waals surface area contributed by atoms with E-state index in [1.807, 2.05) is 53.4 Å². The summed E-state index contributed by atoms with van der Waals surface area (Å²) in [5.74, 6) is -0.0557. The molecule has 53 heavy (non-hydrogen) atoms. The molecule has 0 aliphatic carbocycles. The third-order valence-electron chi connectivity index (χ3n) is 11.1. The van der Waals surface area contributed by atoms with Crippen molar-refractivity contribution < 1.29 is 24.2 Å². The van der Waals surface area contributed by atoms with Crippen molar-refractivity contribution in [3.05, 3.63) is 142 Å². The molecule has 3 amide bonds. The number of phenolic OH excluding ortho intramolecular Hbond substituents is 1. The Balaban J connectivity index is 1.18. The molecule has 4 heterocycles. The summed E-state index contributed by atoms with van der Waals surface area (Å²) in [6.07, 6.45) is 3.73. The number of carbonyl (C=O) groups is 3. The average molecular weight is 709 g/mol. The Morgan fingerprint density at radius 3 is 2.34 bits per heavy atom. The molecule has 3 aliphatic rings. The summed E-state index contributed by atoms with van der Waals surface area (Å²) in [5.41, 5.74) is 9.89. The summed E-state index contributed by atoms with van der Waals surface area (Å²) >= 11 is 0. The van der Waals surface area contributed by atoms with Crippen LogP contribution in [0.3, 0.4) is 0 Å². The zero-order chi connectivity index (χ0) is 36.6. The highest BCUT2D eigenvalue weighted by Crippen LogP contribution is 2.38. The number of ether oxygens (including phenoxy) is 1. The number of fused-ring (bicyclic) bond motifs is 3. The number of nitrogens with zero attached hydrogens (tertiary/aromatic N) is 4. The maximum Gasteiger partial charge on any atom is 0.410 e. The Kier molecular flexibility index (Phi) is 9.24. The average Bonchev–Trinajstić information content (AvgIpc) is 3.58. The fraction of sp³-hybridized carbons (Fsp3) is 0.295. The van der Waals surface area contributed by atoms with Gasteiger partial charge in [-0.1, -0.05) is 54.6 Å². The molecule has 0 spiro atoms. The first-order valence-electron chi connectivity index (χ1n) is 18.5. The van der Waals surface area contributed by atoms with E-state index in [1.165, 1.54) is 5.56 Å². The van der Waals surface area contributed by atoms with Crippen molar-refractivity contribution >= 4 is 23.6 Å². The molecule has 0 bridgehead atoms. The largest absolute Gasteiger partial charge is 0.508 e. The standard InChI is InChI=1S/C44H44N4O5/c1-29-22-31-12-6-7-13-33(31)27-48(29)43(51)38-24-34-26-46(44(52)53-28-30-10-4-3-5-11-30)21-19-32(34)23-37(38)41-25-39(40-14-8-9-20-47(40)41)42(50)45(2)35-15-17-36(49)18-16-35/h3-7,10-13,15-18,23-25,29,49H,8-9,14,19-22,26-28H2,1-2H3/t29-/m1/s1. The monoisotopic (exact) mass is 708 g/mol. The van der Waals surface area contributed by atoms with Crippen LogP contribution in [0.25, 0.3) is 11.3 Å². The number of benzene rings is 4. The van der Waals surface area contributed by atoms with Crippen LogP contribution in [0.1, 0.15) is 74.0 Å². The summed E-state index contributed by atoms with van der Waals surface area (Å²) in [4.78, 5) is 47.7. The number of hydrogen-bond donors (Lipinski definition) is 1. The number of anilines is 1.